The second-order valence-corrected chi connectivity index (χ2v) is 10.0. The van der Waals surface area contributed by atoms with E-state index >= 15 is 0 Å². The number of methoxy groups -OCH3 is 2. The van der Waals surface area contributed by atoms with Gasteiger partial charge in [-0.1, -0.05) is 47.5 Å². The standard InChI is InChI=1S/C24H23Cl2N3O5S/c1-33-20-11-9-17(23(13-20)34-2)14-27-28-24(30)16-29(15-18-8-10-19(25)12-22(18)26)35(31,32)21-6-4-3-5-7-21/h3-14H,15-16H2,1-2H3,(H,28,30)/b27-14-. The van der Waals surface area contributed by atoms with Crippen molar-refractivity contribution in [1.82, 2.24) is 9.73 Å². The number of rotatable bonds is 10. The zero-order valence-corrected chi connectivity index (χ0v) is 21.3. The number of benzene rings is 3. The fraction of sp³-hybridized carbons (Fsp3) is 0.167. The van der Waals surface area contributed by atoms with Crippen LogP contribution in [-0.2, 0) is 21.4 Å². The number of hydrazone groups is 1. The van der Waals surface area contributed by atoms with E-state index in [0.29, 0.717) is 27.6 Å². The summed E-state index contributed by atoms with van der Waals surface area (Å²) in [6.07, 6.45) is 1.39. The fourth-order valence-electron chi connectivity index (χ4n) is 3.10. The third kappa shape index (κ3) is 6.95. The van der Waals surface area contributed by atoms with Crippen molar-refractivity contribution >= 4 is 45.3 Å². The molecule has 0 spiro atoms. The normalized spacial score (nSPS) is 11.6. The van der Waals surface area contributed by atoms with Gasteiger partial charge in [0.15, 0.2) is 0 Å². The van der Waals surface area contributed by atoms with E-state index in [2.05, 4.69) is 10.5 Å². The number of halogens is 2. The highest BCUT2D eigenvalue weighted by Gasteiger charge is 2.27. The van der Waals surface area contributed by atoms with Gasteiger partial charge in [0.1, 0.15) is 11.5 Å². The minimum absolute atomic E-state index is 0.0457. The number of carbonyl (C=O) groups excluding carboxylic acids is 1. The lowest BCUT2D eigenvalue weighted by Gasteiger charge is -2.22. The Kier molecular flexibility index (Phi) is 9.11. The summed E-state index contributed by atoms with van der Waals surface area (Å²) in [5.41, 5.74) is 3.45. The lowest BCUT2D eigenvalue weighted by atomic mass is 10.2. The largest absolute Gasteiger partial charge is 0.497 e. The Bertz CT molecular complexity index is 1320. The van der Waals surface area contributed by atoms with Gasteiger partial charge in [-0.25, -0.2) is 13.8 Å². The van der Waals surface area contributed by atoms with Gasteiger partial charge in [-0.3, -0.25) is 4.79 Å². The third-order valence-electron chi connectivity index (χ3n) is 4.90. The predicted molar refractivity (Wildman–Crippen MR) is 136 cm³/mol. The Labute approximate surface area is 214 Å². The summed E-state index contributed by atoms with van der Waals surface area (Å²) < 4.78 is 38.1. The molecular formula is C24H23Cl2N3O5S. The van der Waals surface area contributed by atoms with Crippen LogP contribution < -0.4 is 14.9 Å². The van der Waals surface area contributed by atoms with E-state index in [4.69, 9.17) is 32.7 Å². The summed E-state index contributed by atoms with van der Waals surface area (Å²) in [4.78, 5) is 12.7. The Balaban J connectivity index is 1.80. The van der Waals surface area contributed by atoms with Crippen LogP contribution in [0.25, 0.3) is 0 Å². The number of amides is 1. The summed E-state index contributed by atoms with van der Waals surface area (Å²) in [7, 11) is -0.986. The first kappa shape index (κ1) is 26.5. The molecule has 3 rings (SSSR count). The highest BCUT2D eigenvalue weighted by molar-refractivity contribution is 7.89. The van der Waals surface area contributed by atoms with Crippen molar-refractivity contribution in [2.75, 3.05) is 20.8 Å². The van der Waals surface area contributed by atoms with Crippen LogP contribution >= 0.6 is 23.2 Å². The van der Waals surface area contributed by atoms with Crippen molar-refractivity contribution in [3.63, 3.8) is 0 Å². The van der Waals surface area contributed by atoms with Crippen LogP contribution in [0.3, 0.4) is 0 Å². The maximum absolute atomic E-state index is 13.3. The molecule has 0 fully saturated rings. The van der Waals surface area contributed by atoms with E-state index in [1.54, 1.807) is 48.5 Å². The molecule has 0 unspecified atom stereocenters. The van der Waals surface area contributed by atoms with Crippen molar-refractivity contribution in [2.24, 2.45) is 5.10 Å². The van der Waals surface area contributed by atoms with E-state index in [1.165, 1.54) is 38.6 Å². The minimum Gasteiger partial charge on any atom is -0.497 e. The molecular weight excluding hydrogens is 513 g/mol. The number of ether oxygens (including phenoxy) is 2. The van der Waals surface area contributed by atoms with Crippen LogP contribution in [0.2, 0.25) is 10.0 Å². The molecule has 0 atom stereocenters. The fourth-order valence-corrected chi connectivity index (χ4v) is 4.97. The molecule has 0 aliphatic carbocycles. The molecule has 0 aromatic heterocycles. The summed E-state index contributed by atoms with van der Waals surface area (Å²) in [5, 5.41) is 4.64. The topological polar surface area (TPSA) is 97.3 Å². The van der Waals surface area contributed by atoms with Crippen molar-refractivity contribution in [2.45, 2.75) is 11.4 Å². The van der Waals surface area contributed by atoms with Gasteiger partial charge >= 0.3 is 0 Å². The van der Waals surface area contributed by atoms with E-state index in [9.17, 15) is 13.2 Å². The summed E-state index contributed by atoms with van der Waals surface area (Å²) in [6.45, 7) is -0.635. The summed E-state index contributed by atoms with van der Waals surface area (Å²) in [5.74, 6) is 0.456. The molecule has 0 aliphatic heterocycles. The lowest BCUT2D eigenvalue weighted by molar-refractivity contribution is -0.121. The van der Waals surface area contributed by atoms with Crippen LogP contribution in [0, 0.1) is 0 Å². The molecule has 0 aliphatic rings. The molecule has 11 heteroatoms. The van der Waals surface area contributed by atoms with Gasteiger partial charge in [0.05, 0.1) is 31.9 Å². The van der Waals surface area contributed by atoms with Crippen molar-refractivity contribution in [1.29, 1.82) is 0 Å². The molecule has 0 radical (unpaired) electrons. The van der Waals surface area contributed by atoms with Gasteiger partial charge in [-0.2, -0.15) is 9.41 Å². The molecule has 0 bridgehead atoms. The highest BCUT2D eigenvalue weighted by Crippen LogP contribution is 2.25. The zero-order chi connectivity index (χ0) is 25.4. The van der Waals surface area contributed by atoms with Crippen LogP contribution in [0.1, 0.15) is 11.1 Å². The Hall–Kier alpha value is -3.11. The van der Waals surface area contributed by atoms with Gasteiger partial charge in [0, 0.05) is 28.2 Å². The molecule has 0 saturated carbocycles. The lowest BCUT2D eigenvalue weighted by Crippen LogP contribution is -2.39. The Morgan fingerprint density at radius 1 is 1.03 bits per heavy atom. The van der Waals surface area contributed by atoms with E-state index in [-0.39, 0.29) is 16.5 Å². The van der Waals surface area contributed by atoms with Gasteiger partial charge in [0.25, 0.3) is 5.91 Å². The maximum atomic E-state index is 13.3. The molecule has 1 amide bonds. The van der Waals surface area contributed by atoms with Crippen LogP contribution in [0.5, 0.6) is 11.5 Å². The molecule has 3 aromatic rings. The molecule has 8 nitrogen and oxygen atoms in total. The molecule has 3 aromatic carbocycles. The van der Waals surface area contributed by atoms with Crippen molar-refractivity contribution < 1.29 is 22.7 Å². The molecule has 1 N–H and O–H groups in total. The number of nitrogens with zero attached hydrogens (tertiary/aromatic N) is 2. The molecule has 184 valence electrons. The second kappa shape index (κ2) is 12.0. The van der Waals surface area contributed by atoms with E-state index in [1.807, 2.05) is 0 Å². The molecule has 0 heterocycles. The monoisotopic (exact) mass is 535 g/mol. The van der Waals surface area contributed by atoms with Gasteiger partial charge in [-0.15, -0.1) is 0 Å². The first-order valence-corrected chi connectivity index (χ1v) is 12.5. The number of hydrogen-bond donors (Lipinski definition) is 1. The Morgan fingerprint density at radius 3 is 2.43 bits per heavy atom. The zero-order valence-electron chi connectivity index (χ0n) is 18.9. The number of hydrogen-bond acceptors (Lipinski definition) is 6. The maximum Gasteiger partial charge on any atom is 0.255 e. The SMILES string of the molecule is COc1ccc(/C=N\NC(=O)CN(Cc2ccc(Cl)cc2Cl)S(=O)(=O)c2ccccc2)c(OC)c1. The third-order valence-corrected chi connectivity index (χ3v) is 7.29. The first-order chi connectivity index (χ1) is 16.7. The van der Waals surface area contributed by atoms with Crippen LogP contribution in [-0.4, -0.2) is 45.6 Å². The van der Waals surface area contributed by atoms with Crippen molar-refractivity contribution in [3.8, 4) is 11.5 Å². The molecule has 0 saturated heterocycles. The predicted octanol–water partition coefficient (Wildman–Crippen LogP) is 4.35. The number of sulfonamides is 1. The van der Waals surface area contributed by atoms with Crippen LogP contribution in [0.15, 0.2) is 76.7 Å². The highest BCUT2D eigenvalue weighted by atomic mass is 35.5. The molecule has 35 heavy (non-hydrogen) atoms. The number of nitrogens with one attached hydrogen (secondary N) is 1. The average Bonchev–Trinajstić information content (AvgIpc) is 2.85. The van der Waals surface area contributed by atoms with Gasteiger partial charge < -0.3 is 9.47 Å². The smallest absolute Gasteiger partial charge is 0.255 e. The summed E-state index contributed by atoms with van der Waals surface area (Å²) >= 11 is 12.2. The summed E-state index contributed by atoms with van der Waals surface area (Å²) in [6, 6.07) is 17.7. The quantitative estimate of drug-likeness (QED) is 0.307. The van der Waals surface area contributed by atoms with Crippen LogP contribution in [0.4, 0.5) is 0 Å². The Morgan fingerprint density at radius 2 is 1.77 bits per heavy atom. The first-order valence-electron chi connectivity index (χ1n) is 10.3. The average molecular weight is 536 g/mol. The second-order valence-electron chi connectivity index (χ2n) is 7.22. The number of carbonyl (C=O) groups is 1. The van der Waals surface area contributed by atoms with Crippen molar-refractivity contribution in [3.05, 3.63) is 87.9 Å². The van der Waals surface area contributed by atoms with E-state index < -0.39 is 22.5 Å². The minimum atomic E-state index is -4.02. The van der Waals surface area contributed by atoms with Gasteiger partial charge in [-0.05, 0) is 42.0 Å². The van der Waals surface area contributed by atoms with Gasteiger partial charge in [0.2, 0.25) is 10.0 Å². The van der Waals surface area contributed by atoms with E-state index in [0.717, 1.165) is 4.31 Å².